The van der Waals surface area contributed by atoms with Gasteiger partial charge in [0.1, 0.15) is 1.12 Å². The molecular formula is C12H16N2OS3. The van der Waals surface area contributed by atoms with Gasteiger partial charge in [0.15, 0.2) is 17.7 Å². The van der Waals surface area contributed by atoms with Crippen molar-refractivity contribution in [2.24, 2.45) is 0 Å². The maximum absolute atomic E-state index is 7.83. The second-order valence-electron chi connectivity index (χ2n) is 5.03. The van der Waals surface area contributed by atoms with Crippen molar-refractivity contribution < 1.29 is 4.21 Å². The first-order chi connectivity index (χ1) is 8.84. The molecule has 2 aromatic rings. The van der Waals surface area contributed by atoms with Gasteiger partial charge < -0.3 is 5.73 Å². The topological polar surface area (TPSA) is 56.0 Å². The fourth-order valence-corrected chi connectivity index (χ4v) is 3.16. The van der Waals surface area contributed by atoms with Crippen LogP contribution in [-0.4, -0.2) is 10.3 Å². The van der Waals surface area contributed by atoms with E-state index in [1.807, 2.05) is 0 Å². The van der Waals surface area contributed by atoms with E-state index in [2.05, 4.69) is 51.3 Å². The Kier molecular flexibility index (Phi) is 4.19. The quantitative estimate of drug-likeness (QED) is 0.792. The highest BCUT2D eigenvalue weighted by atomic mass is 32.1. The Morgan fingerprint density at radius 1 is 1.50 bits per heavy atom. The molecule has 0 amide bonds. The number of fused-ring (bicyclic) bond motifs is 1. The monoisotopic (exact) mass is 302 g/mol. The van der Waals surface area contributed by atoms with Gasteiger partial charge >= 0.3 is 0 Å². The summed E-state index contributed by atoms with van der Waals surface area (Å²) in [6.45, 7) is 8.66. The van der Waals surface area contributed by atoms with Crippen molar-refractivity contribution in [2.75, 3.05) is 5.73 Å². The van der Waals surface area contributed by atoms with Crippen LogP contribution in [0.15, 0.2) is 11.0 Å². The van der Waals surface area contributed by atoms with Crippen LogP contribution in [-0.2, 0) is 17.9 Å². The Morgan fingerprint density at radius 2 is 2.11 bits per heavy atom. The lowest BCUT2D eigenvalue weighted by Crippen LogP contribution is -2.13. The van der Waals surface area contributed by atoms with E-state index in [0.29, 0.717) is 5.13 Å². The lowest BCUT2D eigenvalue weighted by molar-refractivity contribution is 0.586. The molecule has 18 heavy (non-hydrogen) atoms. The van der Waals surface area contributed by atoms with E-state index in [1.54, 1.807) is 0 Å². The van der Waals surface area contributed by atoms with Crippen molar-refractivity contribution in [1.29, 1.82) is 1.12 Å². The normalized spacial score (nSPS) is 11.9. The van der Waals surface area contributed by atoms with E-state index in [-0.39, 0.29) is 5.41 Å². The van der Waals surface area contributed by atoms with Crippen LogP contribution in [0.3, 0.4) is 0 Å². The van der Waals surface area contributed by atoms with Gasteiger partial charge in [-0.25, -0.2) is 4.98 Å². The summed E-state index contributed by atoms with van der Waals surface area (Å²) in [6.07, 6.45) is 0. The van der Waals surface area contributed by atoms with Gasteiger partial charge in [0.25, 0.3) is 0 Å². The largest absolute Gasteiger partial charge is 0.375 e. The molecule has 0 aliphatic rings. The zero-order chi connectivity index (χ0) is 14.8. The second-order valence-corrected chi connectivity index (χ2v) is 6.50. The number of thiazole rings is 1. The summed E-state index contributed by atoms with van der Waals surface area (Å²) >= 11 is 5.33. The number of rotatable bonds is 1. The van der Waals surface area contributed by atoms with Crippen LogP contribution in [0, 0.1) is 6.92 Å². The molecule has 0 atom stereocenters. The third kappa shape index (κ3) is 2.81. The van der Waals surface area contributed by atoms with Crippen LogP contribution in [0.5, 0.6) is 0 Å². The Labute approximate surface area is 123 Å². The molecule has 1 heterocycles. The van der Waals surface area contributed by atoms with Crippen molar-refractivity contribution in [3.8, 4) is 0 Å². The number of aryl methyl sites for hydroxylation is 1. The van der Waals surface area contributed by atoms with Gasteiger partial charge in [0.2, 0.25) is 0 Å². The van der Waals surface area contributed by atoms with Crippen molar-refractivity contribution in [2.45, 2.75) is 38.0 Å². The molecule has 0 aliphatic heterocycles. The molecule has 0 saturated carbocycles. The molecule has 1 aromatic heterocycles. The van der Waals surface area contributed by atoms with Crippen LogP contribution in [0.2, 0.25) is 0 Å². The lowest BCUT2D eigenvalue weighted by atomic mass is 9.84. The summed E-state index contributed by atoms with van der Waals surface area (Å²) in [7, 11) is 0. The molecule has 1 aromatic carbocycles. The first kappa shape index (κ1) is 13.7. The summed E-state index contributed by atoms with van der Waals surface area (Å²) in [6, 6.07) is 2.08. The van der Waals surface area contributed by atoms with Gasteiger partial charge in [-0.05, 0) is 29.5 Å². The van der Waals surface area contributed by atoms with E-state index >= 15 is 0 Å². The number of thiol groups is 1. The first-order valence-corrected chi connectivity index (χ1v) is 6.90. The summed E-state index contributed by atoms with van der Waals surface area (Å²) in [5.74, 6) is 0. The van der Waals surface area contributed by atoms with E-state index in [4.69, 9.17) is 11.1 Å². The molecule has 2 rings (SSSR count). The summed E-state index contributed by atoms with van der Waals surface area (Å²) in [4.78, 5) is 5.22. The highest BCUT2D eigenvalue weighted by Gasteiger charge is 2.20. The minimum Gasteiger partial charge on any atom is -0.375 e. The predicted molar refractivity (Wildman–Crippen MR) is 82.9 cm³/mol. The number of nitrogens with two attached hydrogens (primary N) is 1. The number of anilines is 1. The third-order valence-electron chi connectivity index (χ3n) is 2.71. The Morgan fingerprint density at radius 3 is 2.61 bits per heavy atom. The minimum atomic E-state index is 0.0709. The third-order valence-corrected chi connectivity index (χ3v) is 4.02. The standard InChI is InChI=1S/C12H16N2S2.OS/c1-6-7(12(2,3)4)5-8(15)9-10(6)16-11(13)14-9;1-2/h5,15H,1-4H3,(H2,13,14);/i/hT. The number of hydrogen-bond donors (Lipinski definition) is 2. The minimum absolute atomic E-state index is 0.0709. The summed E-state index contributed by atoms with van der Waals surface area (Å²) < 4.78 is 16.5. The van der Waals surface area contributed by atoms with Gasteiger partial charge in [-0.1, -0.05) is 32.1 Å². The molecule has 2 N–H and O–H groups in total. The van der Waals surface area contributed by atoms with Crippen molar-refractivity contribution >= 4 is 51.8 Å². The SMILES string of the molecule is O=S.[3H]Sc1cc(C(C)(C)C)c(C)c2sc(N)nc12. The van der Waals surface area contributed by atoms with Crippen LogP contribution in [0.4, 0.5) is 5.13 Å². The van der Waals surface area contributed by atoms with Gasteiger partial charge in [-0.2, -0.15) is 4.21 Å². The molecule has 0 aliphatic carbocycles. The zero-order valence-corrected chi connectivity index (χ0v) is 13.2. The van der Waals surface area contributed by atoms with Crippen molar-refractivity contribution in [3.63, 3.8) is 0 Å². The van der Waals surface area contributed by atoms with Gasteiger partial charge in [0, 0.05) is 4.90 Å². The van der Waals surface area contributed by atoms with E-state index in [9.17, 15) is 0 Å². The number of nitrogen functional groups attached to an aromatic ring is 1. The molecular weight excluding hydrogens is 284 g/mol. The van der Waals surface area contributed by atoms with Crippen LogP contribution >= 0.6 is 23.9 Å². The van der Waals surface area contributed by atoms with Gasteiger partial charge in [0.05, 0.1) is 10.2 Å². The summed E-state index contributed by atoms with van der Waals surface area (Å²) in [5.41, 5.74) is 9.23. The smallest absolute Gasteiger partial charge is 0.197 e. The predicted octanol–water partition coefficient (Wildman–Crippen LogP) is 3.44. The Bertz CT molecular complexity index is 593. The molecule has 0 bridgehead atoms. The molecule has 0 spiro atoms. The van der Waals surface area contributed by atoms with E-state index in [1.165, 1.54) is 22.5 Å². The number of nitrogens with zero attached hydrogens (tertiary/aromatic N) is 1. The fourth-order valence-electron chi connectivity index (χ4n) is 1.97. The molecule has 0 fully saturated rings. The molecule has 0 saturated heterocycles. The Balaban J connectivity index is 0.000000861. The van der Waals surface area contributed by atoms with E-state index < -0.39 is 0 Å². The van der Waals surface area contributed by atoms with Crippen LogP contribution in [0.1, 0.15) is 31.9 Å². The molecule has 0 unspecified atom stereocenters. The van der Waals surface area contributed by atoms with Gasteiger partial charge in [-0.3, -0.25) is 0 Å². The molecule has 0 radical (unpaired) electrons. The van der Waals surface area contributed by atoms with E-state index in [0.717, 1.165) is 27.6 Å². The van der Waals surface area contributed by atoms with Crippen molar-refractivity contribution in [3.05, 3.63) is 17.2 Å². The second kappa shape index (κ2) is 5.50. The van der Waals surface area contributed by atoms with Crippen molar-refractivity contribution in [1.82, 2.24) is 4.98 Å². The highest BCUT2D eigenvalue weighted by molar-refractivity contribution is 7.80. The fraction of sp³-hybridized carbons (Fsp3) is 0.417. The molecule has 3 nitrogen and oxygen atoms in total. The number of benzene rings is 1. The number of aromatic nitrogens is 1. The average molecular weight is 302 g/mol. The lowest BCUT2D eigenvalue weighted by Gasteiger charge is -2.22. The Hall–Kier alpha value is -0.720. The highest BCUT2D eigenvalue weighted by Crippen LogP contribution is 2.37. The number of hydrogen-bond acceptors (Lipinski definition) is 6. The van der Waals surface area contributed by atoms with Crippen LogP contribution in [0.25, 0.3) is 10.2 Å². The first-order valence-electron chi connectivity index (χ1n) is 5.75. The molecule has 98 valence electrons. The zero-order valence-electron chi connectivity index (χ0n) is 11.7. The summed E-state index contributed by atoms with van der Waals surface area (Å²) in [5, 5.41) is 0.574. The van der Waals surface area contributed by atoms with Gasteiger partial charge in [-0.15, -0.1) is 12.5 Å². The maximum atomic E-state index is 7.83. The molecule has 6 heteroatoms. The maximum Gasteiger partial charge on any atom is 0.197 e. The average Bonchev–Trinajstić information content (AvgIpc) is 2.73. The van der Waals surface area contributed by atoms with Crippen LogP contribution < -0.4 is 5.73 Å².